The molecule has 2 aromatic rings. The van der Waals surface area contributed by atoms with Gasteiger partial charge in [-0.25, -0.2) is 13.4 Å². The van der Waals surface area contributed by atoms with E-state index >= 15 is 0 Å². The Hall–Kier alpha value is -2.30. The minimum atomic E-state index is -4.65. The minimum absolute atomic E-state index is 0.00195. The standard InChI is InChI=1S/C18H24F3N5O2S/c1-2-12-29(27,28)25(14-15-8-11-26(23-15)18(19,20)21)16-6-7-17(22-13-16)24-9-4-3-5-10-24/h6-8,11,13H,2-5,9-10,12,14H2,1H3. The lowest BCUT2D eigenvalue weighted by Gasteiger charge is -2.28. The van der Waals surface area contributed by atoms with Crippen molar-refractivity contribution in [3.8, 4) is 0 Å². The average molecular weight is 431 g/mol. The summed E-state index contributed by atoms with van der Waals surface area (Å²) in [6.07, 6.45) is 1.32. The number of anilines is 2. The monoisotopic (exact) mass is 431 g/mol. The fourth-order valence-electron chi connectivity index (χ4n) is 3.29. The largest absolute Gasteiger partial charge is 0.504 e. The van der Waals surface area contributed by atoms with Crippen LogP contribution in [0.4, 0.5) is 24.7 Å². The van der Waals surface area contributed by atoms with Gasteiger partial charge in [-0.3, -0.25) is 4.31 Å². The van der Waals surface area contributed by atoms with Crippen LogP contribution in [0.3, 0.4) is 0 Å². The van der Waals surface area contributed by atoms with E-state index in [1.165, 1.54) is 12.6 Å². The molecule has 0 unspecified atom stereocenters. The summed E-state index contributed by atoms with van der Waals surface area (Å²) in [6.45, 7) is 3.24. The van der Waals surface area contributed by atoms with Crippen molar-refractivity contribution in [2.75, 3.05) is 28.0 Å². The van der Waals surface area contributed by atoms with Crippen molar-refractivity contribution < 1.29 is 21.6 Å². The topological polar surface area (TPSA) is 71.3 Å². The zero-order chi connectivity index (χ0) is 21.1. The highest BCUT2D eigenvalue weighted by Gasteiger charge is 2.32. The van der Waals surface area contributed by atoms with Crippen LogP contribution in [0.1, 0.15) is 38.3 Å². The Bertz CT molecular complexity index is 906. The number of rotatable bonds is 7. The van der Waals surface area contributed by atoms with E-state index in [1.807, 2.05) is 0 Å². The number of halogens is 3. The number of alkyl halides is 3. The molecule has 160 valence electrons. The van der Waals surface area contributed by atoms with E-state index in [0.717, 1.165) is 48.3 Å². The molecule has 1 aliphatic rings. The van der Waals surface area contributed by atoms with E-state index in [0.29, 0.717) is 12.1 Å². The van der Waals surface area contributed by atoms with Gasteiger partial charge in [0.05, 0.1) is 29.9 Å². The summed E-state index contributed by atoms with van der Waals surface area (Å²) in [6, 6.07) is 4.56. The zero-order valence-corrected chi connectivity index (χ0v) is 17.0. The first-order valence-corrected chi connectivity index (χ1v) is 11.1. The number of hydrogen-bond acceptors (Lipinski definition) is 5. The second-order valence-corrected chi connectivity index (χ2v) is 8.98. The van der Waals surface area contributed by atoms with Gasteiger partial charge in [-0.15, -0.1) is 13.2 Å². The van der Waals surface area contributed by atoms with Crippen LogP contribution in [0.15, 0.2) is 30.6 Å². The van der Waals surface area contributed by atoms with Crippen molar-refractivity contribution in [3.63, 3.8) is 0 Å². The lowest BCUT2D eigenvalue weighted by molar-refractivity contribution is -0.212. The minimum Gasteiger partial charge on any atom is -0.357 e. The Morgan fingerprint density at radius 3 is 2.41 bits per heavy atom. The molecule has 0 atom stereocenters. The highest BCUT2D eigenvalue weighted by atomic mass is 32.2. The quantitative estimate of drug-likeness (QED) is 0.671. The molecule has 0 bridgehead atoms. The van der Waals surface area contributed by atoms with Crippen molar-refractivity contribution in [1.82, 2.24) is 14.8 Å². The van der Waals surface area contributed by atoms with Crippen molar-refractivity contribution in [3.05, 3.63) is 36.3 Å². The van der Waals surface area contributed by atoms with Crippen molar-refractivity contribution in [2.24, 2.45) is 0 Å². The van der Waals surface area contributed by atoms with Crippen LogP contribution in [0, 0.1) is 0 Å². The molecule has 0 aromatic carbocycles. The van der Waals surface area contributed by atoms with Crippen molar-refractivity contribution >= 4 is 21.5 Å². The maximum absolute atomic E-state index is 12.8. The van der Waals surface area contributed by atoms with Crippen LogP contribution in [0.5, 0.6) is 0 Å². The van der Waals surface area contributed by atoms with Gasteiger partial charge in [0, 0.05) is 19.3 Å². The van der Waals surface area contributed by atoms with E-state index in [4.69, 9.17) is 0 Å². The first-order valence-electron chi connectivity index (χ1n) is 9.54. The molecule has 1 aliphatic heterocycles. The van der Waals surface area contributed by atoms with Crippen LogP contribution < -0.4 is 9.21 Å². The zero-order valence-electron chi connectivity index (χ0n) is 16.1. The Balaban J connectivity index is 1.86. The summed E-state index contributed by atoms with van der Waals surface area (Å²) in [7, 11) is -3.74. The van der Waals surface area contributed by atoms with Gasteiger partial charge < -0.3 is 4.90 Å². The molecule has 11 heteroatoms. The molecule has 0 amide bonds. The first kappa shape index (κ1) is 21.4. The smallest absolute Gasteiger partial charge is 0.357 e. The Labute approximate surface area is 168 Å². The number of piperidine rings is 1. The molecule has 3 heterocycles. The average Bonchev–Trinajstić information content (AvgIpc) is 3.16. The number of aromatic nitrogens is 3. The fraction of sp³-hybridized carbons (Fsp3) is 0.556. The maximum Gasteiger partial charge on any atom is 0.504 e. The SMILES string of the molecule is CCCS(=O)(=O)N(Cc1ccn(C(F)(F)F)n1)c1ccc(N2CCCCC2)nc1. The van der Waals surface area contributed by atoms with Crippen LogP contribution in [0.2, 0.25) is 0 Å². The first-order chi connectivity index (χ1) is 13.7. The molecule has 0 radical (unpaired) electrons. The fourth-order valence-corrected chi connectivity index (χ4v) is 4.78. The number of hydrogen-bond donors (Lipinski definition) is 0. The normalized spacial score (nSPS) is 15.5. The van der Waals surface area contributed by atoms with Gasteiger partial charge in [-0.2, -0.15) is 9.78 Å². The molecule has 0 spiro atoms. The molecule has 2 aromatic heterocycles. The molecule has 0 aliphatic carbocycles. The molecule has 3 rings (SSSR count). The summed E-state index contributed by atoms with van der Waals surface area (Å²) >= 11 is 0. The van der Waals surface area contributed by atoms with Gasteiger partial charge in [0.1, 0.15) is 5.82 Å². The van der Waals surface area contributed by atoms with Gasteiger partial charge in [0.15, 0.2) is 0 Å². The van der Waals surface area contributed by atoms with Crippen molar-refractivity contribution in [2.45, 2.75) is 45.5 Å². The van der Waals surface area contributed by atoms with Crippen LogP contribution in [-0.4, -0.2) is 42.0 Å². The van der Waals surface area contributed by atoms with Gasteiger partial charge in [-0.05, 0) is 43.9 Å². The predicted molar refractivity (Wildman–Crippen MR) is 104 cm³/mol. The number of pyridine rings is 1. The van der Waals surface area contributed by atoms with E-state index in [-0.39, 0.29) is 22.7 Å². The number of sulfonamides is 1. The molecule has 1 saturated heterocycles. The summed E-state index contributed by atoms with van der Waals surface area (Å²) in [5, 5.41) is 3.47. The second kappa shape index (κ2) is 8.60. The molecule has 0 saturated carbocycles. The highest BCUT2D eigenvalue weighted by molar-refractivity contribution is 7.92. The van der Waals surface area contributed by atoms with E-state index < -0.39 is 16.3 Å². The number of nitrogens with zero attached hydrogens (tertiary/aromatic N) is 5. The Morgan fingerprint density at radius 1 is 1.14 bits per heavy atom. The summed E-state index contributed by atoms with van der Waals surface area (Å²) in [4.78, 5) is 6.54. The molecule has 0 N–H and O–H groups in total. The predicted octanol–water partition coefficient (Wildman–Crippen LogP) is 3.49. The van der Waals surface area contributed by atoms with Crippen LogP contribution >= 0.6 is 0 Å². The molecular weight excluding hydrogens is 407 g/mol. The lowest BCUT2D eigenvalue weighted by Crippen LogP contribution is -2.33. The van der Waals surface area contributed by atoms with Gasteiger partial charge in [0.2, 0.25) is 10.0 Å². The third-order valence-electron chi connectivity index (χ3n) is 4.71. The van der Waals surface area contributed by atoms with Crippen LogP contribution in [0.25, 0.3) is 0 Å². The second-order valence-electron chi connectivity index (χ2n) is 6.96. The lowest BCUT2D eigenvalue weighted by atomic mass is 10.1. The van der Waals surface area contributed by atoms with E-state index in [1.54, 1.807) is 19.1 Å². The van der Waals surface area contributed by atoms with Gasteiger partial charge >= 0.3 is 6.30 Å². The molecule has 1 fully saturated rings. The summed E-state index contributed by atoms with van der Waals surface area (Å²) < 4.78 is 64.8. The third-order valence-corrected chi connectivity index (χ3v) is 6.64. The summed E-state index contributed by atoms with van der Waals surface area (Å²) in [5.41, 5.74) is 0.308. The molecular formula is C18H24F3N5O2S. The van der Waals surface area contributed by atoms with Gasteiger partial charge in [0.25, 0.3) is 0 Å². The Kier molecular flexibility index (Phi) is 6.35. The maximum atomic E-state index is 12.8. The Morgan fingerprint density at radius 2 is 1.86 bits per heavy atom. The van der Waals surface area contributed by atoms with Crippen LogP contribution in [-0.2, 0) is 22.9 Å². The third kappa shape index (κ3) is 5.20. The highest BCUT2D eigenvalue weighted by Crippen LogP contribution is 2.26. The molecule has 29 heavy (non-hydrogen) atoms. The van der Waals surface area contributed by atoms with Crippen molar-refractivity contribution in [1.29, 1.82) is 0 Å². The van der Waals surface area contributed by atoms with E-state index in [2.05, 4.69) is 15.0 Å². The van der Waals surface area contributed by atoms with Gasteiger partial charge in [-0.1, -0.05) is 6.92 Å². The summed E-state index contributed by atoms with van der Waals surface area (Å²) in [5.74, 6) is 0.642. The van der Waals surface area contributed by atoms with E-state index in [9.17, 15) is 21.6 Å². The molecule has 7 nitrogen and oxygen atoms in total.